The van der Waals surface area contributed by atoms with Crippen LogP contribution in [0.2, 0.25) is 5.02 Å². The summed E-state index contributed by atoms with van der Waals surface area (Å²) in [5.41, 5.74) is 2.26. The van der Waals surface area contributed by atoms with Crippen LogP contribution in [0.15, 0.2) is 30.3 Å². The minimum atomic E-state index is -0.490. The van der Waals surface area contributed by atoms with Crippen molar-refractivity contribution in [2.75, 3.05) is 0 Å². The number of rotatable bonds is 3. The number of hydrogen-bond donors (Lipinski definition) is 1. The van der Waals surface area contributed by atoms with Crippen molar-refractivity contribution in [1.82, 2.24) is 0 Å². The number of aliphatic hydroxyl groups excluding tert-OH is 1. The van der Waals surface area contributed by atoms with E-state index in [1.54, 1.807) is 11.3 Å². The molecule has 108 valence electrons. The fourth-order valence-electron chi connectivity index (χ4n) is 2.06. The summed E-state index contributed by atoms with van der Waals surface area (Å²) in [6, 6.07) is 10.1. The van der Waals surface area contributed by atoms with Crippen LogP contribution in [0.1, 0.15) is 47.8 Å². The van der Waals surface area contributed by atoms with Crippen molar-refractivity contribution < 1.29 is 5.11 Å². The van der Waals surface area contributed by atoms with Gasteiger partial charge in [0, 0.05) is 21.2 Å². The molecule has 0 bridgehead atoms. The lowest BCUT2D eigenvalue weighted by atomic mass is 9.95. The summed E-state index contributed by atoms with van der Waals surface area (Å²) in [4.78, 5) is 2.30. The first kappa shape index (κ1) is 15.6. The summed E-state index contributed by atoms with van der Waals surface area (Å²) in [5.74, 6) is 0. The maximum atomic E-state index is 10.4. The summed E-state index contributed by atoms with van der Waals surface area (Å²) >= 11 is 7.91. The van der Waals surface area contributed by atoms with Crippen molar-refractivity contribution in [3.05, 3.63) is 56.2 Å². The molecule has 1 atom stereocenters. The molecule has 1 N–H and O–H groups in total. The molecule has 1 nitrogen and oxygen atoms in total. The van der Waals surface area contributed by atoms with Crippen LogP contribution in [0.3, 0.4) is 0 Å². The number of halogens is 1. The van der Waals surface area contributed by atoms with E-state index in [9.17, 15) is 5.11 Å². The smallest absolute Gasteiger partial charge is 0.0922 e. The predicted octanol–water partition coefficient (Wildman–Crippen LogP) is 5.28. The van der Waals surface area contributed by atoms with Crippen LogP contribution in [-0.4, -0.2) is 5.11 Å². The Morgan fingerprint density at radius 2 is 1.90 bits per heavy atom. The van der Waals surface area contributed by atoms with Gasteiger partial charge in [-0.15, -0.1) is 11.3 Å². The van der Waals surface area contributed by atoms with Gasteiger partial charge >= 0.3 is 0 Å². The summed E-state index contributed by atoms with van der Waals surface area (Å²) in [6.45, 7) is 8.57. The lowest BCUT2D eigenvalue weighted by Gasteiger charge is -2.16. The van der Waals surface area contributed by atoms with Gasteiger partial charge in [-0.1, -0.05) is 44.5 Å². The first-order valence-corrected chi connectivity index (χ1v) is 8.00. The Kier molecular flexibility index (Phi) is 4.58. The fourth-order valence-corrected chi connectivity index (χ4v) is 3.43. The van der Waals surface area contributed by atoms with Crippen molar-refractivity contribution in [3.8, 4) is 0 Å². The highest BCUT2D eigenvalue weighted by atomic mass is 35.5. The molecule has 2 rings (SSSR count). The highest BCUT2D eigenvalue weighted by molar-refractivity contribution is 7.12. The van der Waals surface area contributed by atoms with Crippen LogP contribution in [0, 0.1) is 6.92 Å². The lowest BCUT2D eigenvalue weighted by molar-refractivity contribution is 0.182. The molecule has 0 aliphatic carbocycles. The van der Waals surface area contributed by atoms with Gasteiger partial charge in [0.05, 0.1) is 6.10 Å². The Labute approximate surface area is 130 Å². The molecule has 0 amide bonds. The van der Waals surface area contributed by atoms with E-state index in [0.29, 0.717) is 6.42 Å². The van der Waals surface area contributed by atoms with Gasteiger partial charge in [-0.25, -0.2) is 0 Å². The summed E-state index contributed by atoms with van der Waals surface area (Å²) < 4.78 is 0. The van der Waals surface area contributed by atoms with E-state index < -0.39 is 6.10 Å². The molecule has 3 heteroatoms. The number of aliphatic hydroxyl groups is 1. The minimum Gasteiger partial charge on any atom is -0.387 e. The largest absolute Gasteiger partial charge is 0.387 e. The standard InChI is InChI=1S/C17H21ClOS/c1-11-5-6-12(13(18)9-11)10-14(19)15-7-8-16(20-15)17(2,3)4/h5-9,14,19H,10H2,1-4H3. The van der Waals surface area contributed by atoms with Crippen molar-refractivity contribution in [2.24, 2.45) is 0 Å². The first-order valence-electron chi connectivity index (χ1n) is 6.80. The average Bonchev–Trinajstić information content (AvgIpc) is 2.82. The van der Waals surface area contributed by atoms with Gasteiger partial charge < -0.3 is 5.11 Å². The van der Waals surface area contributed by atoms with E-state index in [2.05, 4.69) is 26.8 Å². The molecule has 0 aliphatic heterocycles. The molecule has 1 aromatic heterocycles. The second kappa shape index (κ2) is 5.88. The molecular formula is C17H21ClOS. The maximum absolute atomic E-state index is 10.4. The van der Waals surface area contributed by atoms with Gasteiger partial charge in [-0.05, 0) is 41.7 Å². The molecule has 1 heterocycles. The van der Waals surface area contributed by atoms with Crippen LogP contribution in [0.5, 0.6) is 0 Å². The predicted molar refractivity (Wildman–Crippen MR) is 87.9 cm³/mol. The lowest BCUT2D eigenvalue weighted by Crippen LogP contribution is -2.08. The monoisotopic (exact) mass is 308 g/mol. The van der Waals surface area contributed by atoms with Crippen LogP contribution >= 0.6 is 22.9 Å². The maximum Gasteiger partial charge on any atom is 0.0922 e. The molecule has 1 unspecified atom stereocenters. The highest BCUT2D eigenvalue weighted by Crippen LogP contribution is 2.34. The van der Waals surface area contributed by atoms with Crippen LogP contribution in [0.25, 0.3) is 0 Å². The molecule has 0 fully saturated rings. The topological polar surface area (TPSA) is 20.2 Å². The fraction of sp³-hybridized carbons (Fsp3) is 0.412. The van der Waals surface area contributed by atoms with Gasteiger partial charge in [-0.3, -0.25) is 0 Å². The third-order valence-electron chi connectivity index (χ3n) is 3.32. The van der Waals surface area contributed by atoms with Crippen molar-refractivity contribution in [1.29, 1.82) is 0 Å². The first-order chi connectivity index (χ1) is 9.27. The third-order valence-corrected chi connectivity index (χ3v) is 5.28. The van der Waals surface area contributed by atoms with Crippen molar-refractivity contribution >= 4 is 22.9 Å². The number of hydrogen-bond acceptors (Lipinski definition) is 2. The summed E-state index contributed by atoms with van der Waals surface area (Å²) in [5, 5.41) is 11.1. The van der Waals surface area contributed by atoms with Gasteiger partial charge in [0.15, 0.2) is 0 Å². The number of aryl methyl sites for hydroxylation is 1. The van der Waals surface area contributed by atoms with Crippen molar-refractivity contribution in [3.63, 3.8) is 0 Å². The van der Waals surface area contributed by atoms with Gasteiger partial charge in [-0.2, -0.15) is 0 Å². The third kappa shape index (κ3) is 3.63. The average molecular weight is 309 g/mol. The Bertz CT molecular complexity index is 595. The molecule has 0 saturated heterocycles. The minimum absolute atomic E-state index is 0.129. The zero-order valence-electron chi connectivity index (χ0n) is 12.4. The molecule has 0 saturated carbocycles. The Balaban J connectivity index is 2.16. The Morgan fingerprint density at radius 3 is 2.45 bits per heavy atom. The van der Waals surface area contributed by atoms with Crippen LogP contribution in [-0.2, 0) is 11.8 Å². The Hall–Kier alpha value is -0.830. The van der Waals surface area contributed by atoms with Crippen LogP contribution < -0.4 is 0 Å². The molecule has 0 spiro atoms. The quantitative estimate of drug-likeness (QED) is 0.817. The second-order valence-electron chi connectivity index (χ2n) is 6.27. The highest BCUT2D eigenvalue weighted by Gasteiger charge is 2.19. The van der Waals surface area contributed by atoms with Crippen molar-refractivity contribution in [2.45, 2.75) is 45.6 Å². The van der Waals surface area contributed by atoms with E-state index in [1.807, 2.05) is 31.2 Å². The summed E-state index contributed by atoms with van der Waals surface area (Å²) in [7, 11) is 0. The van der Waals surface area contributed by atoms with Gasteiger partial charge in [0.1, 0.15) is 0 Å². The molecule has 2 aromatic rings. The van der Waals surface area contributed by atoms with Gasteiger partial charge in [0.25, 0.3) is 0 Å². The van der Waals surface area contributed by atoms with E-state index in [4.69, 9.17) is 11.6 Å². The zero-order chi connectivity index (χ0) is 14.9. The van der Waals surface area contributed by atoms with Gasteiger partial charge in [0.2, 0.25) is 0 Å². The molecule has 1 aromatic carbocycles. The molecule has 0 radical (unpaired) electrons. The number of thiophene rings is 1. The van der Waals surface area contributed by atoms with E-state index in [0.717, 1.165) is 21.0 Å². The molecule has 20 heavy (non-hydrogen) atoms. The number of benzene rings is 1. The SMILES string of the molecule is Cc1ccc(CC(O)c2ccc(C(C)(C)C)s2)c(Cl)c1. The van der Waals surface area contributed by atoms with E-state index in [-0.39, 0.29) is 5.41 Å². The van der Waals surface area contributed by atoms with E-state index in [1.165, 1.54) is 4.88 Å². The van der Waals surface area contributed by atoms with Crippen LogP contribution in [0.4, 0.5) is 0 Å². The van der Waals surface area contributed by atoms with E-state index >= 15 is 0 Å². The normalized spacial score (nSPS) is 13.5. The Morgan fingerprint density at radius 1 is 1.20 bits per heavy atom. The molecule has 0 aliphatic rings. The molecular weight excluding hydrogens is 288 g/mol. The second-order valence-corrected chi connectivity index (χ2v) is 7.79. The summed E-state index contributed by atoms with van der Waals surface area (Å²) in [6.07, 6.45) is 0.0692. The zero-order valence-corrected chi connectivity index (χ0v) is 14.0.